The van der Waals surface area contributed by atoms with E-state index in [2.05, 4.69) is 5.32 Å². The van der Waals surface area contributed by atoms with Crippen LogP contribution in [0.3, 0.4) is 0 Å². The quantitative estimate of drug-likeness (QED) is 0.802. The highest BCUT2D eigenvalue weighted by atomic mass is 32.2. The molecular weight excluding hydrogens is 264 g/mol. The van der Waals surface area contributed by atoms with Crippen LogP contribution in [0.4, 0.5) is 0 Å². The lowest BCUT2D eigenvalue weighted by atomic mass is 10.0. The van der Waals surface area contributed by atoms with E-state index < -0.39 is 9.84 Å². The number of likely N-dealkylation sites (tertiary alicyclic amines) is 1. The number of nitrogens with zero attached hydrogens (tertiary/aromatic N) is 1. The van der Waals surface area contributed by atoms with Gasteiger partial charge in [0.15, 0.2) is 9.84 Å². The molecule has 0 saturated carbocycles. The Kier molecular flexibility index (Phi) is 5.21. The van der Waals surface area contributed by atoms with Crippen molar-refractivity contribution in [2.45, 2.75) is 44.6 Å². The summed E-state index contributed by atoms with van der Waals surface area (Å²) in [5, 5.41) is 3.34. The topological polar surface area (TPSA) is 66.5 Å². The second-order valence-electron chi connectivity index (χ2n) is 5.62. The van der Waals surface area contributed by atoms with E-state index in [4.69, 9.17) is 0 Å². The molecule has 0 radical (unpaired) electrons. The summed E-state index contributed by atoms with van der Waals surface area (Å²) in [6, 6.07) is 0.311. The zero-order chi connectivity index (χ0) is 13.7. The second kappa shape index (κ2) is 6.70. The molecule has 6 heteroatoms. The third-order valence-electron chi connectivity index (χ3n) is 3.99. The number of nitrogens with one attached hydrogen (secondary N) is 1. The maximum Gasteiger partial charge on any atom is 0.237 e. The minimum Gasteiger partial charge on any atom is -0.342 e. The molecule has 110 valence electrons. The van der Waals surface area contributed by atoms with Gasteiger partial charge in [-0.25, -0.2) is 8.42 Å². The van der Waals surface area contributed by atoms with Crippen molar-refractivity contribution in [3.63, 3.8) is 0 Å². The molecule has 5 nitrogen and oxygen atoms in total. The van der Waals surface area contributed by atoms with Gasteiger partial charge in [0.25, 0.3) is 0 Å². The van der Waals surface area contributed by atoms with Crippen LogP contribution in [0.5, 0.6) is 0 Å². The Hall–Kier alpha value is -0.620. The van der Waals surface area contributed by atoms with Crippen molar-refractivity contribution in [2.24, 2.45) is 0 Å². The van der Waals surface area contributed by atoms with Crippen LogP contribution in [0.2, 0.25) is 0 Å². The van der Waals surface area contributed by atoms with Crippen molar-refractivity contribution in [1.82, 2.24) is 10.2 Å². The number of piperidine rings is 1. The van der Waals surface area contributed by atoms with Gasteiger partial charge in [0.05, 0.1) is 5.75 Å². The largest absolute Gasteiger partial charge is 0.342 e. The molecule has 1 N–H and O–H groups in total. The Bertz CT molecular complexity index is 396. The van der Waals surface area contributed by atoms with E-state index in [-0.39, 0.29) is 17.4 Å². The first kappa shape index (κ1) is 14.8. The number of carbonyl (C=O) groups is 1. The van der Waals surface area contributed by atoms with E-state index in [0.29, 0.717) is 12.5 Å². The first-order valence-corrected chi connectivity index (χ1v) is 9.10. The molecule has 0 aliphatic carbocycles. The summed E-state index contributed by atoms with van der Waals surface area (Å²) in [5.74, 6) is -0.390. The summed E-state index contributed by atoms with van der Waals surface area (Å²) in [5.41, 5.74) is 0. The van der Waals surface area contributed by atoms with Gasteiger partial charge in [-0.1, -0.05) is 6.42 Å². The fourth-order valence-electron chi connectivity index (χ4n) is 2.81. The lowest BCUT2D eigenvalue weighted by molar-refractivity contribution is -0.127. The van der Waals surface area contributed by atoms with Crippen LogP contribution >= 0.6 is 0 Å². The van der Waals surface area contributed by atoms with Crippen LogP contribution in [0.15, 0.2) is 0 Å². The molecule has 1 atom stereocenters. The van der Waals surface area contributed by atoms with Crippen molar-refractivity contribution in [3.05, 3.63) is 0 Å². The van der Waals surface area contributed by atoms with Gasteiger partial charge in [-0.3, -0.25) is 4.79 Å². The van der Waals surface area contributed by atoms with Crippen molar-refractivity contribution < 1.29 is 13.2 Å². The Morgan fingerprint density at radius 2 is 1.89 bits per heavy atom. The van der Waals surface area contributed by atoms with Crippen LogP contribution in [-0.4, -0.2) is 56.4 Å². The van der Waals surface area contributed by atoms with Crippen molar-refractivity contribution in [2.75, 3.05) is 31.1 Å². The van der Waals surface area contributed by atoms with Crippen molar-refractivity contribution in [1.29, 1.82) is 0 Å². The Morgan fingerprint density at radius 1 is 1.16 bits per heavy atom. The van der Waals surface area contributed by atoms with Crippen LogP contribution in [-0.2, 0) is 14.6 Å². The normalized spacial score (nSPS) is 24.6. The summed E-state index contributed by atoms with van der Waals surface area (Å²) >= 11 is 0. The third-order valence-corrected chi connectivity index (χ3v) is 5.54. The van der Waals surface area contributed by atoms with E-state index in [1.165, 1.54) is 12.8 Å². The molecule has 0 spiro atoms. The SMILES string of the molecule is O=C(CS(=O)(=O)CCC1CCCCN1)N1CCCC1. The average Bonchev–Trinajstić information content (AvgIpc) is 2.91. The minimum absolute atomic E-state index is 0.129. The van der Waals surface area contributed by atoms with E-state index in [1.54, 1.807) is 4.90 Å². The zero-order valence-corrected chi connectivity index (χ0v) is 12.3. The summed E-state index contributed by atoms with van der Waals surface area (Å²) in [6.45, 7) is 2.43. The van der Waals surface area contributed by atoms with Gasteiger partial charge >= 0.3 is 0 Å². The molecule has 1 unspecified atom stereocenters. The number of hydrogen-bond donors (Lipinski definition) is 1. The van der Waals surface area contributed by atoms with Gasteiger partial charge in [-0.15, -0.1) is 0 Å². The monoisotopic (exact) mass is 288 g/mol. The van der Waals surface area contributed by atoms with Crippen LogP contribution in [0.1, 0.15) is 38.5 Å². The smallest absolute Gasteiger partial charge is 0.237 e. The van der Waals surface area contributed by atoms with Crippen LogP contribution in [0, 0.1) is 0 Å². The summed E-state index contributed by atoms with van der Waals surface area (Å²) in [6.07, 6.45) is 6.03. The molecular formula is C13H24N2O3S. The highest BCUT2D eigenvalue weighted by Gasteiger charge is 2.25. The molecule has 2 aliphatic heterocycles. The van der Waals surface area contributed by atoms with Gasteiger partial charge in [0, 0.05) is 19.1 Å². The maximum absolute atomic E-state index is 12.0. The second-order valence-corrected chi connectivity index (χ2v) is 7.80. The molecule has 2 rings (SSSR count). The molecule has 1 amide bonds. The van der Waals surface area contributed by atoms with Crippen LogP contribution in [0.25, 0.3) is 0 Å². The van der Waals surface area contributed by atoms with Gasteiger partial charge < -0.3 is 10.2 Å². The van der Waals surface area contributed by atoms with E-state index in [0.717, 1.165) is 38.9 Å². The van der Waals surface area contributed by atoms with E-state index >= 15 is 0 Å². The number of amides is 1. The molecule has 2 aliphatic rings. The summed E-state index contributed by atoms with van der Waals surface area (Å²) in [7, 11) is -3.25. The molecule has 2 heterocycles. The predicted molar refractivity (Wildman–Crippen MR) is 74.7 cm³/mol. The Labute approximate surface area is 115 Å². The first-order valence-electron chi connectivity index (χ1n) is 7.28. The van der Waals surface area contributed by atoms with E-state index in [1.807, 2.05) is 0 Å². The van der Waals surface area contributed by atoms with Gasteiger partial charge in [-0.2, -0.15) is 0 Å². The fourth-order valence-corrected chi connectivity index (χ4v) is 4.16. The maximum atomic E-state index is 12.0. The number of carbonyl (C=O) groups excluding carboxylic acids is 1. The Balaban J connectivity index is 1.75. The Morgan fingerprint density at radius 3 is 2.53 bits per heavy atom. The first-order chi connectivity index (χ1) is 9.07. The number of sulfone groups is 1. The average molecular weight is 288 g/mol. The summed E-state index contributed by atoms with van der Waals surface area (Å²) < 4.78 is 23.9. The lowest BCUT2D eigenvalue weighted by Crippen LogP contribution is -2.37. The molecule has 0 aromatic heterocycles. The van der Waals surface area contributed by atoms with Gasteiger partial charge in [-0.05, 0) is 38.6 Å². The standard InChI is InChI=1S/C13H24N2O3S/c16-13(15-8-3-4-9-15)11-19(17,18)10-6-12-5-1-2-7-14-12/h12,14H,1-11H2. The summed E-state index contributed by atoms with van der Waals surface area (Å²) in [4.78, 5) is 13.5. The fraction of sp³-hybridized carbons (Fsp3) is 0.923. The molecule has 2 saturated heterocycles. The van der Waals surface area contributed by atoms with E-state index in [9.17, 15) is 13.2 Å². The highest BCUT2D eigenvalue weighted by Crippen LogP contribution is 2.12. The number of rotatable bonds is 5. The van der Waals surface area contributed by atoms with Crippen molar-refractivity contribution >= 4 is 15.7 Å². The predicted octanol–water partition coefficient (Wildman–Crippen LogP) is 0.556. The minimum atomic E-state index is -3.25. The van der Waals surface area contributed by atoms with Gasteiger partial charge in [0.1, 0.15) is 5.75 Å². The molecule has 2 fully saturated rings. The van der Waals surface area contributed by atoms with Crippen molar-refractivity contribution in [3.8, 4) is 0 Å². The zero-order valence-electron chi connectivity index (χ0n) is 11.4. The number of hydrogen-bond acceptors (Lipinski definition) is 4. The molecule has 0 aromatic rings. The highest BCUT2D eigenvalue weighted by molar-refractivity contribution is 7.92. The molecule has 19 heavy (non-hydrogen) atoms. The molecule has 0 aromatic carbocycles. The third kappa shape index (κ3) is 4.76. The molecule has 0 bridgehead atoms. The van der Waals surface area contributed by atoms with Gasteiger partial charge in [0.2, 0.25) is 5.91 Å². The lowest BCUT2D eigenvalue weighted by Gasteiger charge is -2.23. The van der Waals surface area contributed by atoms with Crippen LogP contribution < -0.4 is 5.32 Å².